The molecule has 0 saturated carbocycles. The molecule has 0 spiro atoms. The fourth-order valence-corrected chi connectivity index (χ4v) is 2.88. The smallest absolute Gasteiger partial charge is 0.0534 e. The van der Waals surface area contributed by atoms with Crippen molar-refractivity contribution in [3.63, 3.8) is 0 Å². The molecule has 116 valence electrons. The standard InChI is InChI=1S/C15H28N4.ClH/c1-3-8-19-13-15(11-17-19)12-18-9-5-14(6-10-18)4-7-16-2;/h11,13-14,16H,3-10,12H2,1-2H3;1H. The number of likely N-dealkylation sites (tertiary alicyclic amines) is 1. The minimum Gasteiger partial charge on any atom is -0.320 e. The van der Waals surface area contributed by atoms with Crippen LogP contribution in [0.2, 0.25) is 0 Å². The first kappa shape index (κ1) is 17.5. The molecule has 20 heavy (non-hydrogen) atoms. The van der Waals surface area contributed by atoms with Gasteiger partial charge < -0.3 is 5.32 Å². The number of halogens is 1. The number of aromatic nitrogens is 2. The normalized spacial score (nSPS) is 17.1. The predicted octanol–water partition coefficient (Wildman–Crippen LogP) is 2.54. The average Bonchev–Trinajstić information content (AvgIpc) is 2.86. The molecule has 0 amide bonds. The summed E-state index contributed by atoms with van der Waals surface area (Å²) in [5, 5.41) is 7.66. The van der Waals surface area contributed by atoms with E-state index in [1.54, 1.807) is 0 Å². The van der Waals surface area contributed by atoms with Crippen LogP contribution < -0.4 is 5.32 Å². The van der Waals surface area contributed by atoms with Gasteiger partial charge in [0.25, 0.3) is 0 Å². The summed E-state index contributed by atoms with van der Waals surface area (Å²) < 4.78 is 2.06. The highest BCUT2D eigenvalue weighted by atomic mass is 35.5. The topological polar surface area (TPSA) is 33.1 Å². The van der Waals surface area contributed by atoms with Crippen molar-refractivity contribution in [1.82, 2.24) is 20.0 Å². The molecule has 2 heterocycles. The first-order valence-electron chi connectivity index (χ1n) is 7.70. The minimum absolute atomic E-state index is 0. The number of piperidine rings is 1. The molecule has 0 unspecified atom stereocenters. The molecule has 1 aliphatic heterocycles. The largest absolute Gasteiger partial charge is 0.320 e. The highest BCUT2D eigenvalue weighted by molar-refractivity contribution is 5.85. The lowest BCUT2D eigenvalue weighted by Crippen LogP contribution is -2.33. The van der Waals surface area contributed by atoms with Gasteiger partial charge in [-0.15, -0.1) is 12.4 Å². The summed E-state index contributed by atoms with van der Waals surface area (Å²) in [6, 6.07) is 0. The van der Waals surface area contributed by atoms with Gasteiger partial charge in [0.2, 0.25) is 0 Å². The molecule has 2 rings (SSSR count). The summed E-state index contributed by atoms with van der Waals surface area (Å²) in [5.74, 6) is 0.923. The fraction of sp³-hybridized carbons (Fsp3) is 0.800. The van der Waals surface area contributed by atoms with Crippen LogP contribution in [-0.4, -0.2) is 41.4 Å². The molecule has 0 aliphatic carbocycles. The summed E-state index contributed by atoms with van der Waals surface area (Å²) in [4.78, 5) is 2.57. The number of nitrogens with zero attached hydrogens (tertiary/aromatic N) is 3. The fourth-order valence-electron chi connectivity index (χ4n) is 2.88. The summed E-state index contributed by atoms with van der Waals surface area (Å²) in [7, 11) is 2.04. The van der Waals surface area contributed by atoms with Crippen molar-refractivity contribution in [1.29, 1.82) is 0 Å². The highest BCUT2D eigenvalue weighted by Gasteiger charge is 2.19. The Morgan fingerprint density at radius 3 is 2.75 bits per heavy atom. The van der Waals surface area contributed by atoms with E-state index in [1.165, 1.54) is 37.9 Å². The maximum Gasteiger partial charge on any atom is 0.0534 e. The Morgan fingerprint density at radius 1 is 1.35 bits per heavy atom. The van der Waals surface area contributed by atoms with Crippen LogP contribution in [0.1, 0.15) is 38.2 Å². The van der Waals surface area contributed by atoms with Crippen molar-refractivity contribution in [3.8, 4) is 0 Å². The third kappa shape index (κ3) is 5.43. The van der Waals surface area contributed by atoms with Crippen molar-refractivity contribution in [3.05, 3.63) is 18.0 Å². The van der Waals surface area contributed by atoms with E-state index in [4.69, 9.17) is 0 Å². The lowest BCUT2D eigenvalue weighted by atomic mass is 9.93. The van der Waals surface area contributed by atoms with E-state index >= 15 is 0 Å². The Labute approximate surface area is 129 Å². The van der Waals surface area contributed by atoms with Crippen LogP contribution >= 0.6 is 12.4 Å². The van der Waals surface area contributed by atoms with Crippen molar-refractivity contribution in [2.75, 3.05) is 26.7 Å². The Hall–Kier alpha value is -0.580. The van der Waals surface area contributed by atoms with E-state index in [1.807, 2.05) is 13.2 Å². The molecular formula is C15H29ClN4. The second kappa shape index (κ2) is 9.37. The number of rotatable bonds is 7. The molecule has 4 nitrogen and oxygen atoms in total. The van der Waals surface area contributed by atoms with Crippen LogP contribution in [0.25, 0.3) is 0 Å². The highest BCUT2D eigenvalue weighted by Crippen LogP contribution is 2.21. The van der Waals surface area contributed by atoms with Gasteiger partial charge in [0.15, 0.2) is 0 Å². The summed E-state index contributed by atoms with van der Waals surface area (Å²) in [6.45, 7) is 7.95. The maximum atomic E-state index is 4.41. The van der Waals surface area contributed by atoms with Gasteiger partial charge in [-0.25, -0.2) is 0 Å². The van der Waals surface area contributed by atoms with E-state index in [-0.39, 0.29) is 12.4 Å². The first-order valence-corrected chi connectivity index (χ1v) is 7.70. The molecule has 1 saturated heterocycles. The Morgan fingerprint density at radius 2 is 2.10 bits per heavy atom. The first-order chi connectivity index (χ1) is 9.31. The summed E-state index contributed by atoms with van der Waals surface area (Å²) in [5.41, 5.74) is 1.36. The Kier molecular flexibility index (Phi) is 8.19. The van der Waals surface area contributed by atoms with E-state index in [9.17, 15) is 0 Å². The van der Waals surface area contributed by atoms with Gasteiger partial charge >= 0.3 is 0 Å². The quantitative estimate of drug-likeness (QED) is 0.840. The number of nitrogens with one attached hydrogen (secondary N) is 1. The van der Waals surface area contributed by atoms with Crippen molar-refractivity contribution < 1.29 is 0 Å². The molecule has 1 aromatic rings. The zero-order chi connectivity index (χ0) is 13.5. The lowest BCUT2D eigenvalue weighted by Gasteiger charge is -2.31. The van der Waals surface area contributed by atoms with E-state index in [2.05, 4.69) is 33.1 Å². The third-order valence-corrected chi connectivity index (χ3v) is 4.06. The maximum absolute atomic E-state index is 4.41. The van der Waals surface area contributed by atoms with Gasteiger partial charge in [-0.3, -0.25) is 9.58 Å². The van der Waals surface area contributed by atoms with Crippen molar-refractivity contribution in [2.45, 2.75) is 45.7 Å². The van der Waals surface area contributed by atoms with Gasteiger partial charge in [0.1, 0.15) is 0 Å². The van der Waals surface area contributed by atoms with E-state index < -0.39 is 0 Å². The second-order valence-electron chi connectivity index (χ2n) is 5.72. The van der Waals surface area contributed by atoms with Gasteiger partial charge in [-0.1, -0.05) is 6.92 Å². The third-order valence-electron chi connectivity index (χ3n) is 4.06. The van der Waals surface area contributed by atoms with Crippen LogP contribution in [0.4, 0.5) is 0 Å². The SMILES string of the molecule is CCCn1cc(CN2CCC(CCNC)CC2)cn1.Cl. The Bertz CT molecular complexity index is 359. The van der Waals surface area contributed by atoms with Crippen LogP contribution in [-0.2, 0) is 13.1 Å². The molecule has 0 bridgehead atoms. The van der Waals surface area contributed by atoms with Gasteiger partial charge in [-0.2, -0.15) is 5.10 Å². The molecule has 1 N–H and O–H groups in total. The molecule has 1 aromatic heterocycles. The predicted molar refractivity (Wildman–Crippen MR) is 86.3 cm³/mol. The van der Waals surface area contributed by atoms with E-state index in [0.717, 1.165) is 32.0 Å². The summed E-state index contributed by atoms with van der Waals surface area (Å²) >= 11 is 0. The molecule has 0 atom stereocenters. The van der Waals surface area contributed by atoms with Crippen LogP contribution in [0.3, 0.4) is 0 Å². The molecule has 1 fully saturated rings. The van der Waals surface area contributed by atoms with Gasteiger partial charge in [0, 0.05) is 24.8 Å². The molecule has 5 heteroatoms. The molecular weight excluding hydrogens is 272 g/mol. The molecule has 0 aromatic carbocycles. The van der Waals surface area contributed by atoms with Gasteiger partial charge in [-0.05, 0) is 58.3 Å². The minimum atomic E-state index is 0. The van der Waals surface area contributed by atoms with Crippen molar-refractivity contribution in [2.24, 2.45) is 5.92 Å². The molecule has 1 aliphatic rings. The molecule has 0 radical (unpaired) electrons. The van der Waals surface area contributed by atoms with Gasteiger partial charge in [0.05, 0.1) is 6.20 Å². The van der Waals surface area contributed by atoms with Crippen LogP contribution in [0, 0.1) is 5.92 Å². The van der Waals surface area contributed by atoms with Crippen molar-refractivity contribution >= 4 is 12.4 Å². The monoisotopic (exact) mass is 300 g/mol. The second-order valence-corrected chi connectivity index (χ2v) is 5.72. The summed E-state index contributed by atoms with van der Waals surface area (Å²) in [6.07, 6.45) is 9.42. The number of hydrogen-bond acceptors (Lipinski definition) is 3. The van der Waals surface area contributed by atoms with Crippen LogP contribution in [0.15, 0.2) is 12.4 Å². The van der Waals surface area contributed by atoms with Crippen LogP contribution in [0.5, 0.6) is 0 Å². The number of aryl methyl sites for hydroxylation is 1. The lowest BCUT2D eigenvalue weighted by molar-refractivity contribution is 0.172. The zero-order valence-electron chi connectivity index (χ0n) is 12.8. The Balaban J connectivity index is 0.00000200. The zero-order valence-corrected chi connectivity index (χ0v) is 13.7. The number of hydrogen-bond donors (Lipinski definition) is 1. The van der Waals surface area contributed by atoms with E-state index in [0.29, 0.717) is 0 Å². The average molecular weight is 301 g/mol.